The number of amides is 1. The largest absolute Gasteiger partial charge is 0.324 e. The zero-order valence-corrected chi connectivity index (χ0v) is 18.6. The summed E-state index contributed by atoms with van der Waals surface area (Å²) in [6.07, 6.45) is 0. The van der Waals surface area contributed by atoms with Crippen LogP contribution in [-0.2, 0) is 4.79 Å². The summed E-state index contributed by atoms with van der Waals surface area (Å²) in [4.78, 5) is 21.8. The molecular formula is C24H17Cl2N3OS. The molecule has 0 saturated carbocycles. The van der Waals surface area contributed by atoms with Gasteiger partial charge in [0, 0.05) is 16.1 Å². The lowest BCUT2D eigenvalue weighted by Crippen LogP contribution is -2.14. The van der Waals surface area contributed by atoms with Crippen molar-refractivity contribution in [1.29, 1.82) is 0 Å². The fourth-order valence-corrected chi connectivity index (χ4v) is 4.02. The van der Waals surface area contributed by atoms with Crippen molar-refractivity contribution in [2.24, 2.45) is 0 Å². The Hall–Kier alpha value is -2.86. The third kappa shape index (κ3) is 5.64. The van der Waals surface area contributed by atoms with Gasteiger partial charge in [0.1, 0.15) is 0 Å². The summed E-state index contributed by atoms with van der Waals surface area (Å²) >= 11 is 13.3. The monoisotopic (exact) mass is 465 g/mol. The predicted octanol–water partition coefficient (Wildman–Crippen LogP) is 6.85. The number of aromatic nitrogens is 2. The molecule has 4 aromatic rings. The summed E-state index contributed by atoms with van der Waals surface area (Å²) in [5, 5.41) is 4.22. The van der Waals surface area contributed by atoms with Crippen LogP contribution >= 0.6 is 35.0 Å². The molecule has 3 aromatic carbocycles. The summed E-state index contributed by atoms with van der Waals surface area (Å²) in [5.41, 5.74) is 4.10. The minimum Gasteiger partial charge on any atom is -0.324 e. The molecule has 1 aromatic heterocycles. The topological polar surface area (TPSA) is 54.9 Å². The first-order valence-electron chi connectivity index (χ1n) is 9.46. The Labute approximate surface area is 194 Å². The Morgan fingerprint density at radius 3 is 1.94 bits per heavy atom. The average Bonchev–Trinajstić information content (AvgIpc) is 2.80. The molecule has 154 valence electrons. The molecule has 0 aliphatic heterocycles. The van der Waals surface area contributed by atoms with E-state index in [1.807, 2.05) is 66.7 Å². The van der Waals surface area contributed by atoms with Crippen molar-refractivity contribution >= 4 is 46.6 Å². The van der Waals surface area contributed by atoms with E-state index in [1.165, 1.54) is 11.8 Å². The van der Waals surface area contributed by atoms with Crippen LogP contribution in [0.15, 0.2) is 90.1 Å². The maximum atomic E-state index is 12.5. The zero-order chi connectivity index (χ0) is 21.6. The van der Waals surface area contributed by atoms with E-state index in [2.05, 4.69) is 15.3 Å². The van der Waals surface area contributed by atoms with Crippen LogP contribution in [-0.4, -0.2) is 21.6 Å². The predicted molar refractivity (Wildman–Crippen MR) is 129 cm³/mol. The molecule has 1 N–H and O–H groups in total. The Balaban J connectivity index is 1.56. The number of nitrogens with zero attached hydrogens (tertiary/aromatic N) is 2. The van der Waals surface area contributed by atoms with Crippen molar-refractivity contribution in [1.82, 2.24) is 9.97 Å². The van der Waals surface area contributed by atoms with Gasteiger partial charge in [-0.05, 0) is 24.3 Å². The molecule has 0 spiro atoms. The number of hydrogen-bond acceptors (Lipinski definition) is 4. The van der Waals surface area contributed by atoms with E-state index in [1.54, 1.807) is 18.2 Å². The number of nitrogens with one attached hydrogen (secondary N) is 1. The molecule has 7 heteroatoms. The molecule has 1 amide bonds. The summed E-state index contributed by atoms with van der Waals surface area (Å²) in [5.74, 6) is -0.0602. The number of carbonyl (C=O) groups excluding carboxylic acids is 1. The Bertz CT molecular complexity index is 1150. The Kier molecular flexibility index (Phi) is 6.87. The van der Waals surface area contributed by atoms with Crippen LogP contribution in [0.25, 0.3) is 22.5 Å². The van der Waals surface area contributed by atoms with E-state index in [9.17, 15) is 4.79 Å². The zero-order valence-electron chi connectivity index (χ0n) is 16.3. The molecule has 0 saturated heterocycles. The van der Waals surface area contributed by atoms with Gasteiger partial charge in [-0.15, -0.1) is 0 Å². The van der Waals surface area contributed by atoms with Crippen molar-refractivity contribution in [2.75, 3.05) is 11.1 Å². The summed E-state index contributed by atoms with van der Waals surface area (Å²) in [6.45, 7) is 0. The van der Waals surface area contributed by atoms with Gasteiger partial charge in [0.2, 0.25) is 5.91 Å². The van der Waals surface area contributed by atoms with E-state index in [0.717, 1.165) is 22.5 Å². The number of carbonyl (C=O) groups is 1. The molecule has 4 nitrogen and oxygen atoms in total. The first kappa shape index (κ1) is 21.4. The lowest BCUT2D eigenvalue weighted by molar-refractivity contribution is -0.113. The highest BCUT2D eigenvalue weighted by Crippen LogP contribution is 2.28. The highest BCUT2D eigenvalue weighted by molar-refractivity contribution is 7.99. The SMILES string of the molecule is O=C(CSc1nc(-c2ccccc2)cc(-c2ccccc2)n1)Nc1ccc(Cl)cc1Cl. The van der Waals surface area contributed by atoms with Gasteiger partial charge < -0.3 is 5.32 Å². The molecule has 0 aliphatic rings. The molecule has 0 unspecified atom stereocenters. The number of halogens is 2. The number of hydrogen-bond donors (Lipinski definition) is 1. The smallest absolute Gasteiger partial charge is 0.234 e. The van der Waals surface area contributed by atoms with E-state index in [0.29, 0.717) is 20.9 Å². The summed E-state index contributed by atoms with van der Waals surface area (Å²) in [6, 6.07) is 26.7. The first-order chi connectivity index (χ1) is 15.1. The molecule has 0 bridgehead atoms. The van der Waals surface area contributed by atoms with Crippen LogP contribution in [0, 0.1) is 0 Å². The standard InChI is InChI=1S/C24H17Cl2N3OS/c25-18-11-12-20(19(26)13-18)27-23(30)15-31-24-28-21(16-7-3-1-4-8-16)14-22(29-24)17-9-5-2-6-10-17/h1-14H,15H2,(H,27,30). The molecular weight excluding hydrogens is 449 g/mol. The van der Waals surface area contributed by atoms with Crippen LogP contribution in [0.1, 0.15) is 0 Å². The molecule has 0 aliphatic carbocycles. The minimum atomic E-state index is -0.204. The maximum absolute atomic E-state index is 12.5. The molecule has 31 heavy (non-hydrogen) atoms. The molecule has 0 radical (unpaired) electrons. The second kappa shape index (κ2) is 9.96. The third-order valence-electron chi connectivity index (χ3n) is 4.38. The van der Waals surface area contributed by atoms with Crippen LogP contribution in [0.2, 0.25) is 10.0 Å². The maximum Gasteiger partial charge on any atom is 0.234 e. The van der Waals surface area contributed by atoms with Crippen molar-refractivity contribution in [3.63, 3.8) is 0 Å². The van der Waals surface area contributed by atoms with Gasteiger partial charge in [-0.1, -0.05) is 95.6 Å². The van der Waals surface area contributed by atoms with Gasteiger partial charge in [0.15, 0.2) is 5.16 Å². The minimum absolute atomic E-state index is 0.144. The van der Waals surface area contributed by atoms with E-state index in [-0.39, 0.29) is 11.7 Å². The lowest BCUT2D eigenvalue weighted by Gasteiger charge is -2.10. The number of thioether (sulfide) groups is 1. The Morgan fingerprint density at radius 2 is 1.39 bits per heavy atom. The van der Waals surface area contributed by atoms with Crippen molar-refractivity contribution in [3.05, 3.63) is 95.0 Å². The molecule has 1 heterocycles. The van der Waals surface area contributed by atoms with Gasteiger partial charge in [-0.3, -0.25) is 4.79 Å². The van der Waals surface area contributed by atoms with E-state index < -0.39 is 0 Å². The van der Waals surface area contributed by atoms with Crippen molar-refractivity contribution in [3.8, 4) is 22.5 Å². The summed E-state index contributed by atoms with van der Waals surface area (Å²) in [7, 11) is 0. The number of rotatable bonds is 6. The molecule has 4 rings (SSSR count). The van der Waals surface area contributed by atoms with Gasteiger partial charge in [0.25, 0.3) is 0 Å². The van der Waals surface area contributed by atoms with Crippen LogP contribution in [0.4, 0.5) is 5.69 Å². The number of anilines is 1. The quantitative estimate of drug-likeness (QED) is 0.250. The lowest BCUT2D eigenvalue weighted by atomic mass is 10.1. The Morgan fingerprint density at radius 1 is 0.806 bits per heavy atom. The van der Waals surface area contributed by atoms with Gasteiger partial charge in [0.05, 0.1) is 27.9 Å². The van der Waals surface area contributed by atoms with E-state index >= 15 is 0 Å². The van der Waals surface area contributed by atoms with Gasteiger partial charge in [-0.25, -0.2) is 9.97 Å². The fraction of sp³-hybridized carbons (Fsp3) is 0.0417. The molecule has 0 fully saturated rings. The average molecular weight is 466 g/mol. The van der Waals surface area contributed by atoms with Gasteiger partial charge in [-0.2, -0.15) is 0 Å². The highest BCUT2D eigenvalue weighted by Gasteiger charge is 2.12. The normalized spacial score (nSPS) is 10.6. The first-order valence-corrected chi connectivity index (χ1v) is 11.2. The number of benzene rings is 3. The summed E-state index contributed by atoms with van der Waals surface area (Å²) < 4.78 is 0. The van der Waals surface area contributed by atoms with Crippen molar-refractivity contribution < 1.29 is 4.79 Å². The van der Waals surface area contributed by atoms with Crippen LogP contribution in [0.3, 0.4) is 0 Å². The molecule has 0 atom stereocenters. The van der Waals surface area contributed by atoms with Crippen molar-refractivity contribution in [2.45, 2.75) is 5.16 Å². The fourth-order valence-electron chi connectivity index (χ4n) is 2.91. The second-order valence-electron chi connectivity index (χ2n) is 6.61. The van der Waals surface area contributed by atoms with E-state index in [4.69, 9.17) is 23.2 Å². The van der Waals surface area contributed by atoms with Gasteiger partial charge >= 0.3 is 0 Å². The highest BCUT2D eigenvalue weighted by atomic mass is 35.5. The second-order valence-corrected chi connectivity index (χ2v) is 8.40. The van der Waals surface area contributed by atoms with Crippen LogP contribution < -0.4 is 5.32 Å². The third-order valence-corrected chi connectivity index (χ3v) is 5.78. The van der Waals surface area contributed by atoms with Crippen LogP contribution in [0.5, 0.6) is 0 Å².